The van der Waals surface area contributed by atoms with Crippen molar-refractivity contribution in [1.29, 1.82) is 0 Å². The second-order valence-electron chi connectivity index (χ2n) is 8.19. The first kappa shape index (κ1) is 18.5. The minimum Gasteiger partial charge on any atom is -0.353 e. The summed E-state index contributed by atoms with van der Waals surface area (Å²) in [4.78, 5) is 21.7. The van der Waals surface area contributed by atoms with E-state index in [0.29, 0.717) is 5.91 Å². The Balaban J connectivity index is 1.29. The number of nitrogens with zero attached hydrogens (tertiary/aromatic N) is 6. The van der Waals surface area contributed by atoms with Crippen LogP contribution in [0.5, 0.6) is 0 Å². The lowest BCUT2D eigenvalue weighted by atomic mass is 9.88. The molecule has 0 spiro atoms. The van der Waals surface area contributed by atoms with E-state index in [1.807, 2.05) is 0 Å². The maximum absolute atomic E-state index is 12.7. The van der Waals surface area contributed by atoms with E-state index in [2.05, 4.69) is 49.0 Å². The molecule has 1 aromatic rings. The molecule has 0 bridgehead atoms. The third-order valence-corrected chi connectivity index (χ3v) is 6.33. The number of aromatic nitrogens is 2. The van der Waals surface area contributed by atoms with Crippen LogP contribution in [-0.4, -0.2) is 85.3 Å². The highest BCUT2D eigenvalue weighted by atomic mass is 16.2. The number of likely N-dealkylation sites (N-methyl/N-ethyl adjacent to an activating group) is 1. The highest BCUT2D eigenvalue weighted by molar-refractivity contribution is 5.79. The van der Waals surface area contributed by atoms with Gasteiger partial charge in [0.15, 0.2) is 11.6 Å². The van der Waals surface area contributed by atoms with E-state index in [-0.39, 0.29) is 5.92 Å². The van der Waals surface area contributed by atoms with Gasteiger partial charge >= 0.3 is 0 Å². The Morgan fingerprint density at radius 2 is 1.33 bits per heavy atom. The smallest absolute Gasteiger partial charge is 0.225 e. The number of anilines is 2. The molecule has 27 heavy (non-hydrogen) atoms. The number of hydrogen-bond acceptors (Lipinski definition) is 6. The van der Waals surface area contributed by atoms with Crippen LogP contribution in [0, 0.1) is 5.92 Å². The average Bonchev–Trinajstić information content (AvgIpc) is 2.75. The van der Waals surface area contributed by atoms with Crippen molar-refractivity contribution in [2.24, 2.45) is 5.92 Å². The van der Waals surface area contributed by atoms with Crippen LogP contribution in [-0.2, 0) is 4.79 Å². The Morgan fingerprint density at radius 1 is 0.815 bits per heavy atom. The first-order valence-electron chi connectivity index (χ1n) is 10.5. The van der Waals surface area contributed by atoms with Gasteiger partial charge in [-0.05, 0) is 32.0 Å². The first-order valence-corrected chi connectivity index (χ1v) is 10.5. The van der Waals surface area contributed by atoms with E-state index < -0.39 is 0 Å². The molecule has 3 fully saturated rings. The highest BCUT2D eigenvalue weighted by Crippen LogP contribution is 2.26. The fraction of sp³-hybridized carbons (Fsp3) is 0.750. The zero-order chi connectivity index (χ0) is 18.6. The maximum atomic E-state index is 12.7. The van der Waals surface area contributed by atoms with Crippen molar-refractivity contribution in [1.82, 2.24) is 20.0 Å². The summed E-state index contributed by atoms with van der Waals surface area (Å²) in [5.74, 6) is 2.55. The molecule has 7 nitrogen and oxygen atoms in total. The predicted octanol–water partition coefficient (Wildman–Crippen LogP) is 1.46. The van der Waals surface area contributed by atoms with Gasteiger partial charge in [-0.25, -0.2) is 0 Å². The van der Waals surface area contributed by atoms with Crippen LogP contribution in [0.15, 0.2) is 12.1 Å². The lowest BCUT2D eigenvalue weighted by molar-refractivity contribution is -0.136. The van der Waals surface area contributed by atoms with E-state index in [0.717, 1.165) is 76.8 Å². The Bertz CT molecular complexity index is 614. The van der Waals surface area contributed by atoms with Gasteiger partial charge in [-0.2, -0.15) is 0 Å². The van der Waals surface area contributed by atoms with Crippen molar-refractivity contribution >= 4 is 17.5 Å². The Hall–Kier alpha value is -1.89. The van der Waals surface area contributed by atoms with E-state index in [9.17, 15) is 4.79 Å². The molecule has 2 saturated heterocycles. The maximum Gasteiger partial charge on any atom is 0.225 e. The summed E-state index contributed by atoms with van der Waals surface area (Å²) in [5.41, 5.74) is 0. The number of piperazine rings is 2. The van der Waals surface area contributed by atoms with Gasteiger partial charge in [-0.15, -0.1) is 10.2 Å². The van der Waals surface area contributed by atoms with Gasteiger partial charge in [0, 0.05) is 58.3 Å². The number of carbonyl (C=O) groups excluding carboxylic acids is 1. The van der Waals surface area contributed by atoms with Gasteiger partial charge in [-0.1, -0.05) is 19.3 Å². The zero-order valence-corrected chi connectivity index (χ0v) is 16.5. The molecule has 0 N–H and O–H groups in total. The van der Waals surface area contributed by atoms with E-state index in [4.69, 9.17) is 0 Å². The summed E-state index contributed by atoms with van der Waals surface area (Å²) in [6.07, 6.45) is 5.88. The number of hydrogen-bond donors (Lipinski definition) is 0. The molecule has 7 heteroatoms. The standard InChI is InChI=1S/C20H32N6O/c1-23-9-11-24(12-10-23)18-7-8-19(22-21-18)25-13-15-26(16-14-25)20(27)17-5-3-2-4-6-17/h7-8,17H,2-6,9-16H2,1H3. The average molecular weight is 373 g/mol. The summed E-state index contributed by atoms with van der Waals surface area (Å²) in [6, 6.07) is 4.17. The quantitative estimate of drug-likeness (QED) is 0.801. The molecule has 0 radical (unpaired) electrons. The largest absolute Gasteiger partial charge is 0.353 e. The van der Waals surface area contributed by atoms with Crippen LogP contribution in [0.25, 0.3) is 0 Å². The van der Waals surface area contributed by atoms with Gasteiger partial charge in [-0.3, -0.25) is 4.79 Å². The topological polar surface area (TPSA) is 55.8 Å². The number of amides is 1. The molecule has 3 heterocycles. The lowest BCUT2D eigenvalue weighted by Crippen LogP contribution is -2.51. The van der Waals surface area contributed by atoms with E-state index >= 15 is 0 Å². The fourth-order valence-corrected chi connectivity index (χ4v) is 4.45. The van der Waals surface area contributed by atoms with Crippen LogP contribution < -0.4 is 9.80 Å². The SMILES string of the molecule is CN1CCN(c2ccc(N3CCN(C(=O)C4CCCCC4)CC3)nn2)CC1. The van der Waals surface area contributed by atoms with Crippen LogP contribution in [0.3, 0.4) is 0 Å². The molecule has 1 aromatic heterocycles. The minimum absolute atomic E-state index is 0.271. The fourth-order valence-electron chi connectivity index (χ4n) is 4.45. The molecular weight excluding hydrogens is 340 g/mol. The molecular formula is C20H32N6O. The Kier molecular flexibility index (Phi) is 5.76. The van der Waals surface area contributed by atoms with Gasteiger partial charge < -0.3 is 19.6 Å². The van der Waals surface area contributed by atoms with Crippen molar-refractivity contribution in [3.63, 3.8) is 0 Å². The second-order valence-corrected chi connectivity index (χ2v) is 8.19. The third-order valence-electron chi connectivity index (χ3n) is 6.33. The zero-order valence-electron chi connectivity index (χ0n) is 16.5. The van der Waals surface area contributed by atoms with Crippen LogP contribution in [0.4, 0.5) is 11.6 Å². The monoisotopic (exact) mass is 372 g/mol. The van der Waals surface area contributed by atoms with Crippen molar-refractivity contribution in [3.8, 4) is 0 Å². The third kappa shape index (κ3) is 4.34. The van der Waals surface area contributed by atoms with Crippen LogP contribution in [0.2, 0.25) is 0 Å². The summed E-state index contributed by atoms with van der Waals surface area (Å²) in [6.45, 7) is 7.45. The Morgan fingerprint density at radius 3 is 1.85 bits per heavy atom. The van der Waals surface area contributed by atoms with Crippen molar-refractivity contribution in [3.05, 3.63) is 12.1 Å². The second kappa shape index (κ2) is 8.42. The van der Waals surface area contributed by atoms with Gasteiger partial charge in [0.05, 0.1) is 0 Å². The van der Waals surface area contributed by atoms with Gasteiger partial charge in [0.25, 0.3) is 0 Å². The molecule has 0 unspecified atom stereocenters. The number of carbonyl (C=O) groups is 1. The highest BCUT2D eigenvalue weighted by Gasteiger charge is 2.29. The minimum atomic E-state index is 0.271. The molecule has 0 aromatic carbocycles. The molecule has 3 aliphatic rings. The lowest BCUT2D eigenvalue weighted by Gasteiger charge is -2.37. The molecule has 1 amide bonds. The van der Waals surface area contributed by atoms with Crippen molar-refractivity contribution in [2.75, 3.05) is 69.2 Å². The normalized spacial score (nSPS) is 22.9. The van der Waals surface area contributed by atoms with E-state index in [1.54, 1.807) is 0 Å². The molecule has 0 atom stereocenters. The molecule has 4 rings (SSSR count). The van der Waals surface area contributed by atoms with Crippen LogP contribution in [0.1, 0.15) is 32.1 Å². The first-order chi connectivity index (χ1) is 13.2. The molecule has 148 valence electrons. The number of rotatable bonds is 3. The predicted molar refractivity (Wildman–Crippen MR) is 107 cm³/mol. The van der Waals surface area contributed by atoms with Gasteiger partial charge in [0.2, 0.25) is 5.91 Å². The molecule has 1 aliphatic carbocycles. The summed E-state index contributed by atoms with van der Waals surface area (Å²) in [5, 5.41) is 8.94. The summed E-state index contributed by atoms with van der Waals surface area (Å²) >= 11 is 0. The Labute approximate surface area is 162 Å². The molecule has 1 saturated carbocycles. The van der Waals surface area contributed by atoms with Crippen LogP contribution >= 0.6 is 0 Å². The summed E-state index contributed by atoms with van der Waals surface area (Å²) < 4.78 is 0. The van der Waals surface area contributed by atoms with Crippen molar-refractivity contribution in [2.45, 2.75) is 32.1 Å². The molecule has 2 aliphatic heterocycles. The summed E-state index contributed by atoms with van der Waals surface area (Å²) in [7, 11) is 2.16. The van der Waals surface area contributed by atoms with Crippen molar-refractivity contribution < 1.29 is 4.79 Å². The van der Waals surface area contributed by atoms with Gasteiger partial charge in [0.1, 0.15) is 0 Å². The van der Waals surface area contributed by atoms with E-state index in [1.165, 1.54) is 19.3 Å².